The van der Waals surface area contributed by atoms with Crippen LogP contribution in [0.4, 0.5) is 0 Å². The maximum atomic E-state index is 6.57. The zero-order valence-corrected chi connectivity index (χ0v) is 20.1. The van der Waals surface area contributed by atoms with Gasteiger partial charge in [-0.25, -0.2) is 5.01 Å². The molecule has 33 heavy (non-hydrogen) atoms. The minimum atomic E-state index is -0.552. The number of hydrogen-bond donors (Lipinski definition) is 0. The number of hydrazone groups is 1. The molecule has 4 aromatic carbocycles. The quantitative estimate of drug-likeness (QED) is 0.267. The summed E-state index contributed by atoms with van der Waals surface area (Å²) in [6.07, 6.45) is 0.136. The number of hydrogen-bond acceptors (Lipinski definition) is 3. The Bertz CT molecular complexity index is 1450. The molecule has 164 valence electrons. The smallest absolute Gasteiger partial charge is 0.215 e. The van der Waals surface area contributed by atoms with Crippen LogP contribution in [0.3, 0.4) is 0 Å². The molecule has 3 nitrogen and oxygen atoms in total. The Balaban J connectivity index is 1.49. The molecular weight excluding hydrogens is 498 g/mol. The highest BCUT2D eigenvalue weighted by atomic mass is 35.5. The first kappa shape index (κ1) is 21.1. The second-order valence-electron chi connectivity index (χ2n) is 8.15. The van der Waals surface area contributed by atoms with Gasteiger partial charge >= 0.3 is 0 Å². The Morgan fingerprint density at radius 2 is 1.55 bits per heavy atom. The van der Waals surface area contributed by atoms with Crippen molar-refractivity contribution in [2.24, 2.45) is 5.10 Å². The Morgan fingerprint density at radius 1 is 0.758 bits per heavy atom. The fourth-order valence-electron chi connectivity index (χ4n) is 4.56. The van der Waals surface area contributed by atoms with E-state index in [9.17, 15) is 0 Å². The van der Waals surface area contributed by atoms with E-state index in [1.54, 1.807) is 18.2 Å². The number of fused-ring (bicyclic) bond motifs is 4. The third kappa shape index (κ3) is 3.64. The van der Waals surface area contributed by atoms with Crippen LogP contribution in [0.15, 0.2) is 77.9 Å². The molecule has 2 atom stereocenters. The summed E-state index contributed by atoms with van der Waals surface area (Å²) in [5, 5.41) is 11.4. The van der Waals surface area contributed by atoms with Crippen molar-refractivity contribution in [1.82, 2.24) is 5.01 Å². The number of ether oxygens (including phenoxy) is 1. The molecule has 2 aliphatic heterocycles. The average molecular weight is 514 g/mol. The van der Waals surface area contributed by atoms with E-state index in [1.807, 2.05) is 29.3 Å². The first-order chi connectivity index (χ1) is 16.0. The fraction of sp³-hybridized carbons (Fsp3) is 0.115. The van der Waals surface area contributed by atoms with Crippen molar-refractivity contribution in [3.63, 3.8) is 0 Å². The van der Waals surface area contributed by atoms with Crippen LogP contribution >= 0.6 is 46.4 Å². The van der Waals surface area contributed by atoms with Crippen molar-refractivity contribution in [2.75, 3.05) is 0 Å². The molecule has 2 aliphatic rings. The van der Waals surface area contributed by atoms with Gasteiger partial charge in [-0.1, -0.05) is 88.9 Å². The summed E-state index contributed by atoms with van der Waals surface area (Å²) in [6.45, 7) is 0. The van der Waals surface area contributed by atoms with Gasteiger partial charge in [0.2, 0.25) is 6.23 Å². The highest BCUT2D eigenvalue weighted by Crippen LogP contribution is 2.51. The van der Waals surface area contributed by atoms with E-state index in [2.05, 4.69) is 30.3 Å². The summed E-state index contributed by atoms with van der Waals surface area (Å²) < 4.78 is 6.39. The SMILES string of the molecule is Clc1ccc([C@@H]2Oc3c(Cl)cc(Cl)cc3[C@@H]3CC(c4ccc5ccccc5c4)=NN32)c(Cl)c1. The van der Waals surface area contributed by atoms with Crippen LogP contribution in [-0.4, -0.2) is 10.7 Å². The largest absolute Gasteiger partial charge is 0.463 e. The molecule has 0 N–H and O–H groups in total. The standard InChI is InChI=1S/C26H16Cl4N2O/c27-17-7-8-19(21(29)11-17)26-32-24(20-10-18(28)12-22(30)25(20)33-26)13-23(31-32)16-6-5-14-3-1-2-4-15(14)9-16/h1-12,24,26H,13H2/t24-,26-/m0/s1. The van der Waals surface area contributed by atoms with Crippen LogP contribution in [-0.2, 0) is 0 Å². The Kier molecular flexibility index (Phi) is 5.19. The molecule has 0 amide bonds. The van der Waals surface area contributed by atoms with Gasteiger partial charge in [0.15, 0.2) is 0 Å². The van der Waals surface area contributed by atoms with Gasteiger partial charge in [0.05, 0.1) is 21.8 Å². The van der Waals surface area contributed by atoms with Crippen molar-refractivity contribution in [3.05, 3.63) is 110 Å². The minimum absolute atomic E-state index is 0.0943. The predicted octanol–water partition coefficient (Wildman–Crippen LogP) is 8.70. The molecule has 7 heteroatoms. The fourth-order valence-corrected chi connectivity index (χ4v) is 5.62. The van der Waals surface area contributed by atoms with Crippen LogP contribution in [0.5, 0.6) is 5.75 Å². The molecule has 0 saturated heterocycles. The van der Waals surface area contributed by atoms with E-state index in [0.717, 1.165) is 22.4 Å². The van der Waals surface area contributed by atoms with Crippen LogP contribution < -0.4 is 4.74 Å². The molecular formula is C26H16Cl4N2O. The monoisotopic (exact) mass is 512 g/mol. The third-order valence-electron chi connectivity index (χ3n) is 6.12. The van der Waals surface area contributed by atoms with Crippen LogP contribution in [0.1, 0.15) is 35.4 Å². The molecule has 0 radical (unpaired) electrons. The van der Waals surface area contributed by atoms with Crippen molar-refractivity contribution in [1.29, 1.82) is 0 Å². The van der Waals surface area contributed by atoms with E-state index >= 15 is 0 Å². The van der Waals surface area contributed by atoms with Gasteiger partial charge in [-0.3, -0.25) is 0 Å². The summed E-state index contributed by atoms with van der Waals surface area (Å²) in [4.78, 5) is 0. The summed E-state index contributed by atoms with van der Waals surface area (Å²) in [7, 11) is 0. The van der Waals surface area contributed by atoms with E-state index < -0.39 is 6.23 Å². The first-order valence-electron chi connectivity index (χ1n) is 10.4. The Morgan fingerprint density at radius 3 is 2.36 bits per heavy atom. The molecule has 0 fully saturated rings. The molecule has 4 aromatic rings. The molecule has 0 unspecified atom stereocenters. The highest BCUT2D eigenvalue weighted by Gasteiger charge is 2.42. The molecule has 2 heterocycles. The van der Waals surface area contributed by atoms with Gasteiger partial charge in [-0.15, -0.1) is 0 Å². The van der Waals surface area contributed by atoms with Gasteiger partial charge in [0.1, 0.15) is 5.75 Å². The normalized spacial score (nSPS) is 19.2. The lowest BCUT2D eigenvalue weighted by Crippen LogP contribution is -2.34. The maximum absolute atomic E-state index is 6.57. The van der Waals surface area contributed by atoms with E-state index in [-0.39, 0.29) is 6.04 Å². The first-order valence-corrected chi connectivity index (χ1v) is 11.9. The Labute approximate surface area is 211 Å². The zero-order chi connectivity index (χ0) is 22.7. The van der Waals surface area contributed by atoms with E-state index in [0.29, 0.717) is 32.3 Å². The highest BCUT2D eigenvalue weighted by molar-refractivity contribution is 6.36. The predicted molar refractivity (Wildman–Crippen MR) is 136 cm³/mol. The third-order valence-corrected chi connectivity index (χ3v) is 7.18. The molecule has 0 aromatic heterocycles. The number of rotatable bonds is 2. The van der Waals surface area contributed by atoms with Crippen LogP contribution in [0, 0.1) is 0 Å². The summed E-state index contributed by atoms with van der Waals surface area (Å²) >= 11 is 25.6. The Hall–Kier alpha value is -2.43. The molecule has 0 bridgehead atoms. The second-order valence-corrected chi connectivity index (χ2v) is 9.84. The van der Waals surface area contributed by atoms with Gasteiger partial charge in [-0.05, 0) is 46.7 Å². The second kappa shape index (κ2) is 8.11. The van der Waals surface area contributed by atoms with Gasteiger partial charge in [0, 0.05) is 27.6 Å². The van der Waals surface area contributed by atoms with Crippen LogP contribution in [0.2, 0.25) is 20.1 Å². The van der Waals surface area contributed by atoms with Gasteiger partial charge in [0.25, 0.3) is 0 Å². The lowest BCUT2D eigenvalue weighted by Gasteiger charge is -2.39. The summed E-state index contributed by atoms with van der Waals surface area (Å²) in [5.74, 6) is 0.605. The van der Waals surface area contributed by atoms with Crippen molar-refractivity contribution < 1.29 is 4.74 Å². The average Bonchev–Trinajstić information content (AvgIpc) is 3.25. The lowest BCUT2D eigenvalue weighted by molar-refractivity contribution is -0.0188. The number of nitrogens with zero attached hydrogens (tertiary/aromatic N) is 2. The molecule has 0 saturated carbocycles. The summed E-state index contributed by atoms with van der Waals surface area (Å²) in [6, 6.07) is 23.6. The van der Waals surface area contributed by atoms with E-state index in [4.69, 9.17) is 56.2 Å². The van der Waals surface area contributed by atoms with Gasteiger partial charge < -0.3 is 4.74 Å². The number of benzene rings is 4. The summed E-state index contributed by atoms with van der Waals surface area (Å²) in [5.41, 5.74) is 3.71. The lowest BCUT2D eigenvalue weighted by atomic mass is 9.95. The molecule has 0 spiro atoms. The minimum Gasteiger partial charge on any atom is -0.463 e. The van der Waals surface area contributed by atoms with Gasteiger partial charge in [-0.2, -0.15) is 5.10 Å². The molecule has 6 rings (SSSR count). The topological polar surface area (TPSA) is 24.8 Å². The van der Waals surface area contributed by atoms with Crippen molar-refractivity contribution in [2.45, 2.75) is 18.7 Å². The van der Waals surface area contributed by atoms with E-state index in [1.165, 1.54) is 10.8 Å². The van der Waals surface area contributed by atoms with Crippen molar-refractivity contribution >= 4 is 62.9 Å². The van der Waals surface area contributed by atoms with Crippen molar-refractivity contribution in [3.8, 4) is 5.75 Å². The number of halogens is 4. The molecule has 0 aliphatic carbocycles. The van der Waals surface area contributed by atoms with Crippen LogP contribution in [0.25, 0.3) is 10.8 Å². The maximum Gasteiger partial charge on any atom is 0.215 e. The zero-order valence-electron chi connectivity index (χ0n) is 17.1.